The number of anilines is 1. The van der Waals surface area contributed by atoms with E-state index in [2.05, 4.69) is 15.3 Å². The van der Waals surface area contributed by atoms with E-state index in [-0.39, 0.29) is 18.5 Å². The van der Waals surface area contributed by atoms with Gasteiger partial charge in [0.1, 0.15) is 0 Å². The van der Waals surface area contributed by atoms with Crippen molar-refractivity contribution in [3.8, 4) is 0 Å². The zero-order chi connectivity index (χ0) is 14.0. The molecule has 4 N–H and O–H groups in total. The van der Waals surface area contributed by atoms with Crippen molar-refractivity contribution in [3.63, 3.8) is 0 Å². The van der Waals surface area contributed by atoms with E-state index in [1.807, 2.05) is 6.07 Å². The molecule has 6 nitrogen and oxygen atoms in total. The highest BCUT2D eigenvalue weighted by Gasteiger charge is 2.21. The third kappa shape index (κ3) is 2.79. The van der Waals surface area contributed by atoms with E-state index < -0.39 is 5.54 Å². The van der Waals surface area contributed by atoms with E-state index >= 15 is 0 Å². The fourth-order valence-electron chi connectivity index (χ4n) is 1.67. The summed E-state index contributed by atoms with van der Waals surface area (Å²) in [5, 5.41) is 12.7. The third-order valence-electron chi connectivity index (χ3n) is 2.72. The average Bonchev–Trinajstić information content (AvgIpc) is 2.37. The second-order valence-corrected chi connectivity index (χ2v) is 4.97. The van der Waals surface area contributed by atoms with Crippen LogP contribution in [0.15, 0.2) is 24.4 Å². The Kier molecular flexibility index (Phi) is 3.35. The summed E-state index contributed by atoms with van der Waals surface area (Å²) in [6.45, 7) is 3.32. The Hall–Kier alpha value is -2.21. The van der Waals surface area contributed by atoms with E-state index in [1.165, 1.54) is 0 Å². The summed E-state index contributed by atoms with van der Waals surface area (Å²) in [4.78, 5) is 20.2. The monoisotopic (exact) mass is 260 g/mol. The van der Waals surface area contributed by atoms with Crippen LogP contribution in [-0.2, 0) is 0 Å². The molecule has 1 aromatic heterocycles. The quantitative estimate of drug-likeness (QED) is 0.754. The Morgan fingerprint density at radius 1 is 1.47 bits per heavy atom. The van der Waals surface area contributed by atoms with Crippen LogP contribution in [0.1, 0.15) is 24.2 Å². The van der Waals surface area contributed by atoms with Gasteiger partial charge in [0.25, 0.3) is 5.91 Å². The summed E-state index contributed by atoms with van der Waals surface area (Å²) < 4.78 is 0. The number of hydrogen-bond acceptors (Lipinski definition) is 5. The van der Waals surface area contributed by atoms with Crippen molar-refractivity contribution in [2.45, 2.75) is 19.4 Å². The molecule has 0 radical (unpaired) electrons. The number of amides is 1. The van der Waals surface area contributed by atoms with Gasteiger partial charge >= 0.3 is 0 Å². The molecule has 6 heteroatoms. The molecule has 0 aliphatic rings. The Morgan fingerprint density at radius 3 is 2.89 bits per heavy atom. The molecule has 2 rings (SSSR count). The van der Waals surface area contributed by atoms with Crippen molar-refractivity contribution in [1.82, 2.24) is 15.3 Å². The predicted molar refractivity (Wildman–Crippen MR) is 72.6 cm³/mol. The number of carbonyl (C=O) groups excluding carboxylic acids is 1. The number of hydrogen-bond donors (Lipinski definition) is 3. The molecule has 2 aromatic rings. The first-order chi connectivity index (χ1) is 8.93. The number of aliphatic hydroxyl groups is 1. The van der Waals surface area contributed by atoms with Crippen molar-refractivity contribution in [3.05, 3.63) is 30.0 Å². The molecule has 100 valence electrons. The van der Waals surface area contributed by atoms with Gasteiger partial charge in [-0.15, -0.1) is 0 Å². The Morgan fingerprint density at radius 2 is 2.21 bits per heavy atom. The molecule has 1 heterocycles. The molecule has 0 aliphatic carbocycles. The molecular formula is C13H16N4O2. The number of nitrogens with two attached hydrogens (primary N) is 1. The van der Waals surface area contributed by atoms with Gasteiger partial charge in [0.2, 0.25) is 5.95 Å². The molecule has 0 saturated carbocycles. The summed E-state index contributed by atoms with van der Waals surface area (Å²) in [5.41, 5.74) is 5.77. The van der Waals surface area contributed by atoms with E-state index in [0.717, 1.165) is 5.39 Å². The van der Waals surface area contributed by atoms with Gasteiger partial charge in [0.15, 0.2) is 0 Å². The lowest BCUT2D eigenvalue weighted by atomic mass is 10.0. The number of aliphatic hydroxyl groups excluding tert-OH is 1. The smallest absolute Gasteiger partial charge is 0.253 e. The van der Waals surface area contributed by atoms with Crippen molar-refractivity contribution in [2.75, 3.05) is 12.3 Å². The highest BCUT2D eigenvalue weighted by molar-refractivity contribution is 6.05. The fourth-order valence-corrected chi connectivity index (χ4v) is 1.67. The summed E-state index contributed by atoms with van der Waals surface area (Å²) >= 11 is 0. The molecule has 1 aromatic carbocycles. The molecule has 0 unspecified atom stereocenters. The number of aromatic nitrogens is 2. The second kappa shape index (κ2) is 4.81. The predicted octanol–water partition coefficient (Wildman–Crippen LogP) is 0.713. The van der Waals surface area contributed by atoms with Gasteiger partial charge in [-0.2, -0.15) is 0 Å². The number of rotatable bonds is 3. The van der Waals surface area contributed by atoms with Crippen molar-refractivity contribution >= 4 is 22.8 Å². The second-order valence-electron chi connectivity index (χ2n) is 4.97. The Labute approximate surface area is 110 Å². The number of nitrogens with zero attached hydrogens (tertiary/aromatic N) is 2. The minimum Gasteiger partial charge on any atom is -0.394 e. The molecule has 0 atom stereocenters. The van der Waals surface area contributed by atoms with Gasteiger partial charge in [-0.3, -0.25) is 4.79 Å². The van der Waals surface area contributed by atoms with E-state index in [9.17, 15) is 9.90 Å². The number of benzene rings is 1. The number of nitrogens with one attached hydrogen (secondary N) is 1. The van der Waals surface area contributed by atoms with Gasteiger partial charge in [-0.1, -0.05) is 12.1 Å². The van der Waals surface area contributed by atoms with Crippen molar-refractivity contribution in [1.29, 1.82) is 0 Å². The molecule has 0 saturated heterocycles. The zero-order valence-electron chi connectivity index (χ0n) is 10.8. The Bertz CT molecular complexity index is 625. The van der Waals surface area contributed by atoms with Crippen molar-refractivity contribution in [2.24, 2.45) is 0 Å². The minimum atomic E-state index is -0.697. The van der Waals surface area contributed by atoms with Gasteiger partial charge in [0, 0.05) is 11.6 Å². The SMILES string of the molecule is CC(C)(CO)NC(=O)c1cccc2cnc(N)nc12. The normalized spacial score (nSPS) is 11.5. The first-order valence-electron chi connectivity index (χ1n) is 5.87. The van der Waals surface area contributed by atoms with E-state index in [0.29, 0.717) is 11.1 Å². The standard InChI is InChI=1S/C13H16N4O2/c1-13(2,7-18)17-11(19)9-5-3-4-8-6-15-12(14)16-10(8)9/h3-6,18H,7H2,1-2H3,(H,17,19)(H2,14,15,16). The summed E-state index contributed by atoms with van der Waals surface area (Å²) in [6, 6.07) is 5.23. The maximum absolute atomic E-state index is 12.2. The largest absolute Gasteiger partial charge is 0.394 e. The molecule has 0 bridgehead atoms. The van der Waals surface area contributed by atoms with E-state index in [4.69, 9.17) is 5.73 Å². The number of carbonyl (C=O) groups is 1. The van der Waals surface area contributed by atoms with Gasteiger partial charge in [-0.25, -0.2) is 9.97 Å². The summed E-state index contributed by atoms with van der Waals surface area (Å²) in [7, 11) is 0. The molecule has 19 heavy (non-hydrogen) atoms. The van der Waals surface area contributed by atoms with Crippen LogP contribution in [0.3, 0.4) is 0 Å². The average molecular weight is 260 g/mol. The van der Waals surface area contributed by atoms with Gasteiger partial charge in [0.05, 0.1) is 23.2 Å². The first-order valence-corrected chi connectivity index (χ1v) is 5.87. The third-order valence-corrected chi connectivity index (χ3v) is 2.72. The number of para-hydroxylation sites is 1. The molecular weight excluding hydrogens is 244 g/mol. The summed E-state index contributed by atoms with van der Waals surface area (Å²) in [5.74, 6) is -0.183. The van der Waals surface area contributed by atoms with Crippen molar-refractivity contribution < 1.29 is 9.90 Å². The molecule has 0 spiro atoms. The van der Waals surface area contributed by atoms with Crippen LogP contribution in [0.2, 0.25) is 0 Å². The maximum atomic E-state index is 12.2. The van der Waals surface area contributed by atoms with Crippen LogP contribution >= 0.6 is 0 Å². The Balaban J connectivity index is 2.45. The van der Waals surface area contributed by atoms with Crippen LogP contribution in [-0.4, -0.2) is 33.1 Å². The topological polar surface area (TPSA) is 101 Å². The number of nitrogen functional groups attached to an aromatic ring is 1. The molecule has 0 fully saturated rings. The number of fused-ring (bicyclic) bond motifs is 1. The zero-order valence-corrected chi connectivity index (χ0v) is 10.8. The van der Waals surface area contributed by atoms with Crippen LogP contribution in [0.5, 0.6) is 0 Å². The summed E-state index contributed by atoms with van der Waals surface area (Å²) in [6.07, 6.45) is 1.58. The lowest BCUT2D eigenvalue weighted by Crippen LogP contribution is -2.46. The van der Waals surface area contributed by atoms with E-state index in [1.54, 1.807) is 32.2 Å². The van der Waals surface area contributed by atoms with Crippen LogP contribution in [0.25, 0.3) is 10.9 Å². The molecule has 1 amide bonds. The maximum Gasteiger partial charge on any atom is 0.253 e. The lowest BCUT2D eigenvalue weighted by Gasteiger charge is -2.23. The first kappa shape index (κ1) is 13.2. The van der Waals surface area contributed by atoms with Crippen LogP contribution in [0.4, 0.5) is 5.95 Å². The fraction of sp³-hybridized carbons (Fsp3) is 0.308. The molecule has 0 aliphatic heterocycles. The van der Waals surface area contributed by atoms with Gasteiger partial charge in [-0.05, 0) is 19.9 Å². The highest BCUT2D eigenvalue weighted by Crippen LogP contribution is 2.17. The van der Waals surface area contributed by atoms with Crippen LogP contribution in [0, 0.1) is 0 Å². The lowest BCUT2D eigenvalue weighted by molar-refractivity contribution is 0.0871. The highest BCUT2D eigenvalue weighted by atomic mass is 16.3. The van der Waals surface area contributed by atoms with Gasteiger partial charge < -0.3 is 16.2 Å². The van der Waals surface area contributed by atoms with Crippen LogP contribution < -0.4 is 11.1 Å². The minimum absolute atomic E-state index is 0.120.